The number of furan rings is 1. The molecule has 0 radical (unpaired) electrons. The van der Waals surface area contributed by atoms with Crippen LogP contribution in [0.2, 0.25) is 0 Å². The highest BCUT2D eigenvalue weighted by atomic mass is 16.3. The van der Waals surface area contributed by atoms with Crippen LogP contribution >= 0.6 is 0 Å². The molecule has 0 amide bonds. The molecule has 0 atom stereocenters. The summed E-state index contributed by atoms with van der Waals surface area (Å²) < 4.78 is 10.8. The normalized spacial score (nSPS) is 11.6. The lowest BCUT2D eigenvalue weighted by atomic mass is 9.95. The molecule has 0 saturated heterocycles. The number of hydrogen-bond acceptors (Lipinski definition) is 3. The van der Waals surface area contributed by atoms with Crippen molar-refractivity contribution in [2.75, 3.05) is 0 Å². The molecule has 226 valence electrons. The minimum atomic E-state index is 0.499. The topological polar surface area (TPSA) is 70.6 Å². The third-order valence-electron chi connectivity index (χ3n) is 9.81. The van der Waals surface area contributed by atoms with E-state index in [1.165, 1.54) is 0 Å². The predicted octanol–water partition coefficient (Wildman–Crippen LogP) is 11.2. The summed E-state index contributed by atoms with van der Waals surface area (Å²) in [6.45, 7) is 0. The summed E-state index contributed by atoms with van der Waals surface area (Å²) in [5, 5.41) is 27.5. The molecule has 0 aliphatic rings. The summed E-state index contributed by atoms with van der Waals surface area (Å²) in [5.41, 5.74) is 10.1. The van der Waals surface area contributed by atoms with Crippen LogP contribution < -0.4 is 0 Å². The first-order valence-corrected chi connectivity index (χ1v) is 16.1. The lowest BCUT2D eigenvalue weighted by molar-refractivity contribution is 0.669. The van der Waals surface area contributed by atoms with E-state index in [2.05, 4.69) is 106 Å². The van der Waals surface area contributed by atoms with Gasteiger partial charge in [-0.1, -0.05) is 72.8 Å². The van der Waals surface area contributed by atoms with Crippen molar-refractivity contribution in [2.45, 2.75) is 0 Å². The highest BCUT2D eigenvalue weighted by Crippen LogP contribution is 2.42. The van der Waals surface area contributed by atoms with Crippen molar-refractivity contribution in [3.63, 3.8) is 0 Å². The fourth-order valence-electron chi connectivity index (χ4n) is 7.72. The standard InChI is InChI=1S/C44H24N4O/c45-25-27-17-19-29(47-38-13-5-1-9-31(38)32-10-2-6-14-39(32)47)23-36(27)37-24-30(20-18-28(37)26-46)48-40-15-7-3-11-33(40)34-21-22-42-43(44(34)48)35-12-4-8-16-41(35)49-42/h1-24H. The van der Waals surface area contributed by atoms with Crippen LogP contribution in [0.1, 0.15) is 11.1 Å². The van der Waals surface area contributed by atoms with Crippen LogP contribution in [0.5, 0.6) is 0 Å². The molecule has 10 rings (SSSR count). The first-order chi connectivity index (χ1) is 24.2. The molecule has 0 aliphatic carbocycles. The van der Waals surface area contributed by atoms with Gasteiger partial charge < -0.3 is 13.6 Å². The van der Waals surface area contributed by atoms with Crippen molar-refractivity contribution >= 4 is 65.6 Å². The number of fused-ring (bicyclic) bond motifs is 10. The zero-order chi connectivity index (χ0) is 32.6. The smallest absolute Gasteiger partial charge is 0.137 e. The van der Waals surface area contributed by atoms with Gasteiger partial charge in [-0.25, -0.2) is 0 Å². The van der Waals surface area contributed by atoms with Crippen LogP contribution in [0.15, 0.2) is 150 Å². The van der Waals surface area contributed by atoms with Crippen molar-refractivity contribution in [2.24, 2.45) is 0 Å². The van der Waals surface area contributed by atoms with Crippen molar-refractivity contribution in [3.8, 4) is 34.6 Å². The average molecular weight is 625 g/mol. The molecule has 3 heterocycles. The third kappa shape index (κ3) is 3.79. The average Bonchev–Trinajstić information content (AvgIpc) is 3.82. The molecule has 5 nitrogen and oxygen atoms in total. The van der Waals surface area contributed by atoms with Gasteiger partial charge in [-0.3, -0.25) is 0 Å². The van der Waals surface area contributed by atoms with Gasteiger partial charge in [-0.05, 0) is 72.8 Å². The summed E-state index contributed by atoms with van der Waals surface area (Å²) in [7, 11) is 0. The minimum Gasteiger partial charge on any atom is -0.456 e. The maximum Gasteiger partial charge on any atom is 0.137 e. The van der Waals surface area contributed by atoms with E-state index in [1.807, 2.05) is 60.7 Å². The van der Waals surface area contributed by atoms with Crippen molar-refractivity contribution in [1.82, 2.24) is 9.13 Å². The summed E-state index contributed by atoms with van der Waals surface area (Å²) in [6, 6.07) is 54.1. The van der Waals surface area contributed by atoms with E-state index in [4.69, 9.17) is 4.42 Å². The molecular weight excluding hydrogens is 601 g/mol. The van der Waals surface area contributed by atoms with Crippen molar-refractivity contribution in [1.29, 1.82) is 10.5 Å². The predicted molar refractivity (Wildman–Crippen MR) is 197 cm³/mol. The monoisotopic (exact) mass is 624 g/mol. The van der Waals surface area contributed by atoms with E-state index in [-0.39, 0.29) is 0 Å². The first kappa shape index (κ1) is 27.1. The van der Waals surface area contributed by atoms with E-state index in [1.54, 1.807) is 0 Å². The SMILES string of the molecule is N#Cc1ccc(-n2c3ccccc3c3ccccc32)cc1-c1cc(-n2c3ccccc3c3ccc4oc5ccccc5c4c32)ccc1C#N. The van der Waals surface area contributed by atoms with Gasteiger partial charge in [0.25, 0.3) is 0 Å². The van der Waals surface area contributed by atoms with E-state index in [9.17, 15) is 10.5 Å². The van der Waals surface area contributed by atoms with Crippen LogP contribution in [-0.4, -0.2) is 9.13 Å². The largest absolute Gasteiger partial charge is 0.456 e. The molecule has 5 heteroatoms. The van der Waals surface area contributed by atoms with Crippen LogP contribution in [0, 0.1) is 22.7 Å². The summed E-state index contributed by atoms with van der Waals surface area (Å²) in [6.07, 6.45) is 0. The Morgan fingerprint density at radius 2 is 0.918 bits per heavy atom. The van der Waals surface area contributed by atoms with Gasteiger partial charge in [0.2, 0.25) is 0 Å². The van der Waals surface area contributed by atoms with Crippen LogP contribution in [0.25, 0.3) is 88.1 Å². The van der Waals surface area contributed by atoms with E-state index in [0.717, 1.165) is 76.9 Å². The highest BCUT2D eigenvalue weighted by Gasteiger charge is 2.21. The Morgan fingerprint density at radius 3 is 1.51 bits per heavy atom. The third-order valence-corrected chi connectivity index (χ3v) is 9.81. The zero-order valence-corrected chi connectivity index (χ0v) is 26.1. The maximum absolute atomic E-state index is 10.4. The first-order valence-electron chi connectivity index (χ1n) is 16.1. The summed E-state index contributed by atoms with van der Waals surface area (Å²) >= 11 is 0. The van der Waals surface area contributed by atoms with Crippen LogP contribution in [0.3, 0.4) is 0 Å². The molecule has 0 unspecified atom stereocenters. The number of benzene rings is 7. The van der Waals surface area contributed by atoms with E-state index < -0.39 is 0 Å². The summed E-state index contributed by atoms with van der Waals surface area (Å²) in [4.78, 5) is 0. The molecule has 0 fully saturated rings. The fourth-order valence-corrected chi connectivity index (χ4v) is 7.72. The Bertz CT molecular complexity index is 3030. The van der Waals surface area contributed by atoms with E-state index >= 15 is 0 Å². The molecule has 10 aromatic rings. The van der Waals surface area contributed by atoms with Gasteiger partial charge in [0, 0.05) is 49.4 Å². The Balaban J connectivity index is 1.27. The lowest BCUT2D eigenvalue weighted by Gasteiger charge is -2.15. The Hall–Kier alpha value is -7.08. The van der Waals surface area contributed by atoms with Crippen LogP contribution in [0.4, 0.5) is 0 Å². The van der Waals surface area contributed by atoms with Gasteiger partial charge in [-0.2, -0.15) is 10.5 Å². The molecule has 3 aromatic heterocycles. The maximum atomic E-state index is 10.4. The van der Waals surface area contributed by atoms with Gasteiger partial charge in [0.1, 0.15) is 11.2 Å². The number of nitriles is 2. The quantitative estimate of drug-likeness (QED) is 0.196. The Labute approximate surface area is 280 Å². The second kappa shape index (κ2) is 10.2. The molecule has 0 N–H and O–H groups in total. The number of para-hydroxylation sites is 4. The Morgan fingerprint density at radius 1 is 0.429 bits per heavy atom. The lowest BCUT2D eigenvalue weighted by Crippen LogP contribution is -1.99. The van der Waals surface area contributed by atoms with Crippen molar-refractivity contribution < 1.29 is 4.42 Å². The molecule has 7 aromatic carbocycles. The zero-order valence-electron chi connectivity index (χ0n) is 26.1. The second-order valence-corrected chi connectivity index (χ2v) is 12.3. The number of hydrogen-bond donors (Lipinski definition) is 0. The summed E-state index contributed by atoms with van der Waals surface area (Å²) in [5.74, 6) is 0. The number of aromatic nitrogens is 2. The molecule has 0 bridgehead atoms. The fraction of sp³-hybridized carbons (Fsp3) is 0. The van der Waals surface area contributed by atoms with Crippen molar-refractivity contribution in [3.05, 3.63) is 157 Å². The van der Waals surface area contributed by atoms with Crippen LogP contribution in [-0.2, 0) is 0 Å². The molecule has 0 aliphatic heterocycles. The van der Waals surface area contributed by atoms with Gasteiger partial charge in [0.05, 0.1) is 50.7 Å². The molecule has 49 heavy (non-hydrogen) atoms. The van der Waals surface area contributed by atoms with Gasteiger partial charge in [0.15, 0.2) is 0 Å². The van der Waals surface area contributed by atoms with Gasteiger partial charge in [-0.15, -0.1) is 0 Å². The molecule has 0 saturated carbocycles. The number of nitrogens with zero attached hydrogens (tertiary/aromatic N) is 4. The molecule has 0 spiro atoms. The minimum absolute atomic E-state index is 0.499. The van der Waals surface area contributed by atoms with Gasteiger partial charge >= 0.3 is 0 Å². The Kier molecular flexibility index (Phi) is 5.64. The van der Waals surface area contributed by atoms with E-state index in [0.29, 0.717) is 22.3 Å². The molecular formula is C44H24N4O. The number of rotatable bonds is 3. The highest BCUT2D eigenvalue weighted by molar-refractivity contribution is 6.24. The second-order valence-electron chi connectivity index (χ2n) is 12.3.